The molecule has 0 aromatic heterocycles. The van der Waals surface area contributed by atoms with Crippen LogP contribution in [0.4, 0.5) is 11.4 Å². The van der Waals surface area contributed by atoms with E-state index in [1.165, 1.54) is 27.6 Å². The maximum absolute atomic E-state index is 12.1. The van der Waals surface area contributed by atoms with Crippen LogP contribution in [-0.4, -0.2) is 45.0 Å². The lowest BCUT2D eigenvalue weighted by atomic mass is 10.1. The van der Waals surface area contributed by atoms with Gasteiger partial charge in [0.15, 0.2) is 5.78 Å². The molecule has 26 heavy (non-hydrogen) atoms. The second-order valence-corrected chi connectivity index (χ2v) is 6.03. The fourth-order valence-corrected chi connectivity index (χ4v) is 2.86. The van der Waals surface area contributed by atoms with Crippen molar-refractivity contribution in [1.82, 2.24) is 0 Å². The molecule has 1 heterocycles. The summed E-state index contributed by atoms with van der Waals surface area (Å²) in [5.41, 5.74) is 1.73. The van der Waals surface area contributed by atoms with Gasteiger partial charge in [0.25, 0.3) is 0 Å². The Morgan fingerprint density at radius 1 is 1.08 bits per heavy atom. The number of anilines is 2. The summed E-state index contributed by atoms with van der Waals surface area (Å²) in [6, 6.07) is 5.44. The SMILES string of the molecule is COC(=O)/C=C(/Nc1ccc(N2CCCCC2)cc1C(C)=O)C(=O)OC. The number of piperidine rings is 1. The Hall–Kier alpha value is -2.83. The molecule has 1 aliphatic heterocycles. The Labute approximate surface area is 153 Å². The molecule has 1 aromatic carbocycles. The van der Waals surface area contributed by atoms with E-state index in [4.69, 9.17) is 0 Å². The maximum atomic E-state index is 12.1. The number of nitrogens with one attached hydrogen (secondary N) is 1. The highest BCUT2D eigenvalue weighted by atomic mass is 16.5. The number of nitrogens with zero attached hydrogens (tertiary/aromatic N) is 1. The second kappa shape index (κ2) is 9.03. The molecule has 1 saturated heterocycles. The third kappa shape index (κ3) is 4.84. The van der Waals surface area contributed by atoms with Crippen molar-refractivity contribution in [2.75, 3.05) is 37.5 Å². The number of hydrogen-bond acceptors (Lipinski definition) is 7. The van der Waals surface area contributed by atoms with Crippen molar-refractivity contribution in [2.24, 2.45) is 0 Å². The van der Waals surface area contributed by atoms with E-state index in [9.17, 15) is 14.4 Å². The molecule has 2 rings (SSSR count). The smallest absolute Gasteiger partial charge is 0.354 e. The molecule has 140 valence electrons. The summed E-state index contributed by atoms with van der Waals surface area (Å²) in [5.74, 6) is -1.58. The number of rotatable bonds is 6. The lowest BCUT2D eigenvalue weighted by molar-refractivity contribution is -0.138. The van der Waals surface area contributed by atoms with E-state index in [1.807, 2.05) is 12.1 Å². The maximum Gasteiger partial charge on any atom is 0.354 e. The van der Waals surface area contributed by atoms with Gasteiger partial charge in [-0.05, 0) is 44.4 Å². The molecule has 0 amide bonds. The van der Waals surface area contributed by atoms with E-state index in [0.717, 1.165) is 37.7 Å². The van der Waals surface area contributed by atoms with Gasteiger partial charge in [0.05, 0.1) is 20.3 Å². The van der Waals surface area contributed by atoms with Gasteiger partial charge < -0.3 is 19.7 Å². The number of hydrogen-bond donors (Lipinski definition) is 1. The van der Waals surface area contributed by atoms with Gasteiger partial charge in [-0.2, -0.15) is 0 Å². The van der Waals surface area contributed by atoms with Crippen LogP contribution in [0.2, 0.25) is 0 Å². The topological polar surface area (TPSA) is 84.9 Å². The number of carbonyl (C=O) groups is 3. The Bertz CT molecular complexity index is 721. The number of benzene rings is 1. The van der Waals surface area contributed by atoms with E-state index in [0.29, 0.717) is 11.3 Å². The highest BCUT2D eigenvalue weighted by Crippen LogP contribution is 2.27. The number of ether oxygens (including phenoxy) is 2. The first-order valence-corrected chi connectivity index (χ1v) is 8.51. The standard InChI is InChI=1S/C19H24N2O5/c1-13(22)15-11-14(21-9-5-4-6-10-21)7-8-16(15)20-17(19(24)26-3)12-18(23)25-2/h7-8,11-12,20H,4-6,9-10H2,1-3H3/b17-12+. The predicted molar refractivity (Wildman–Crippen MR) is 98.2 cm³/mol. The van der Waals surface area contributed by atoms with Gasteiger partial charge in [0.2, 0.25) is 0 Å². The van der Waals surface area contributed by atoms with Gasteiger partial charge in [0.1, 0.15) is 5.70 Å². The molecule has 0 unspecified atom stereocenters. The summed E-state index contributed by atoms with van der Waals surface area (Å²) < 4.78 is 9.23. The molecule has 0 saturated carbocycles. The Morgan fingerprint density at radius 3 is 2.35 bits per heavy atom. The van der Waals surface area contributed by atoms with Gasteiger partial charge >= 0.3 is 11.9 Å². The van der Waals surface area contributed by atoms with E-state index in [-0.39, 0.29) is 11.5 Å². The summed E-state index contributed by atoms with van der Waals surface area (Å²) >= 11 is 0. The number of Topliss-reactive ketones (excluding diaryl/α,β-unsaturated/α-hetero) is 1. The molecule has 1 N–H and O–H groups in total. The predicted octanol–water partition coefficient (Wildman–Crippen LogP) is 2.52. The number of carbonyl (C=O) groups excluding carboxylic acids is 3. The van der Waals surface area contributed by atoms with Crippen molar-refractivity contribution in [3.05, 3.63) is 35.5 Å². The monoisotopic (exact) mass is 360 g/mol. The normalized spacial score (nSPS) is 14.6. The minimum Gasteiger partial charge on any atom is -0.466 e. The molecule has 0 radical (unpaired) electrons. The lowest BCUT2D eigenvalue weighted by Crippen LogP contribution is -2.29. The lowest BCUT2D eigenvalue weighted by Gasteiger charge is -2.29. The van der Waals surface area contributed by atoms with E-state index in [2.05, 4.69) is 19.7 Å². The molecule has 7 heteroatoms. The van der Waals surface area contributed by atoms with E-state index in [1.54, 1.807) is 6.07 Å². The van der Waals surface area contributed by atoms with Crippen LogP contribution in [0, 0.1) is 0 Å². The molecule has 0 aliphatic carbocycles. The van der Waals surface area contributed by atoms with Gasteiger partial charge in [-0.15, -0.1) is 0 Å². The van der Waals surface area contributed by atoms with E-state index >= 15 is 0 Å². The second-order valence-electron chi connectivity index (χ2n) is 6.03. The summed E-state index contributed by atoms with van der Waals surface area (Å²) in [7, 11) is 2.42. The van der Waals surface area contributed by atoms with Gasteiger partial charge in [-0.25, -0.2) is 9.59 Å². The molecule has 1 fully saturated rings. The largest absolute Gasteiger partial charge is 0.466 e. The minimum absolute atomic E-state index is 0.104. The molecule has 0 atom stereocenters. The van der Waals surface area contributed by atoms with E-state index < -0.39 is 11.9 Å². The average molecular weight is 360 g/mol. The molecule has 7 nitrogen and oxygen atoms in total. The first kappa shape index (κ1) is 19.5. The van der Waals surface area contributed by atoms with Gasteiger partial charge in [-0.1, -0.05) is 0 Å². The third-order valence-corrected chi connectivity index (χ3v) is 4.24. The highest BCUT2D eigenvalue weighted by Gasteiger charge is 2.18. The zero-order chi connectivity index (χ0) is 19.1. The quantitative estimate of drug-likeness (QED) is 0.474. The highest BCUT2D eigenvalue weighted by molar-refractivity contribution is 6.04. The van der Waals surface area contributed by atoms with Crippen molar-refractivity contribution in [3.8, 4) is 0 Å². The van der Waals surface area contributed by atoms with Crippen LogP contribution in [0.1, 0.15) is 36.5 Å². The summed E-state index contributed by atoms with van der Waals surface area (Å²) in [6.07, 6.45) is 4.47. The van der Waals surface area contributed by atoms with Crippen molar-refractivity contribution < 1.29 is 23.9 Å². The fraction of sp³-hybridized carbons (Fsp3) is 0.421. The number of methoxy groups -OCH3 is 2. The molecule has 0 spiro atoms. The zero-order valence-electron chi connectivity index (χ0n) is 15.3. The number of esters is 2. The fourth-order valence-electron chi connectivity index (χ4n) is 2.86. The Balaban J connectivity index is 2.34. The van der Waals surface area contributed by atoms with Crippen LogP contribution in [0.15, 0.2) is 30.0 Å². The van der Waals surface area contributed by atoms with Crippen LogP contribution < -0.4 is 10.2 Å². The van der Waals surface area contributed by atoms with Gasteiger partial charge in [-0.3, -0.25) is 4.79 Å². The molecule has 0 bridgehead atoms. The molecular weight excluding hydrogens is 336 g/mol. The Kier molecular flexibility index (Phi) is 6.77. The third-order valence-electron chi connectivity index (χ3n) is 4.24. The van der Waals surface area contributed by atoms with Crippen molar-refractivity contribution in [1.29, 1.82) is 0 Å². The zero-order valence-corrected chi connectivity index (χ0v) is 15.3. The molecule has 1 aromatic rings. The first-order valence-electron chi connectivity index (χ1n) is 8.51. The minimum atomic E-state index is -0.731. The van der Waals surface area contributed by atoms with Crippen molar-refractivity contribution >= 4 is 29.1 Å². The van der Waals surface area contributed by atoms with Crippen LogP contribution in [0.3, 0.4) is 0 Å². The van der Waals surface area contributed by atoms with Crippen molar-refractivity contribution in [3.63, 3.8) is 0 Å². The summed E-state index contributed by atoms with van der Waals surface area (Å²) in [4.78, 5) is 37.8. The average Bonchev–Trinajstić information content (AvgIpc) is 2.67. The Morgan fingerprint density at radius 2 is 1.77 bits per heavy atom. The van der Waals surface area contributed by atoms with Crippen LogP contribution >= 0.6 is 0 Å². The molecule has 1 aliphatic rings. The van der Waals surface area contributed by atoms with Crippen LogP contribution in [0.5, 0.6) is 0 Å². The van der Waals surface area contributed by atoms with Crippen LogP contribution in [-0.2, 0) is 19.1 Å². The van der Waals surface area contributed by atoms with Crippen LogP contribution in [0.25, 0.3) is 0 Å². The molecular formula is C19H24N2O5. The first-order chi connectivity index (χ1) is 12.5. The van der Waals surface area contributed by atoms with Crippen molar-refractivity contribution in [2.45, 2.75) is 26.2 Å². The number of ketones is 1. The summed E-state index contributed by atoms with van der Waals surface area (Å²) in [5, 5.41) is 2.82. The van der Waals surface area contributed by atoms with Gasteiger partial charge in [0, 0.05) is 30.0 Å². The summed E-state index contributed by atoms with van der Waals surface area (Å²) in [6.45, 7) is 3.38.